The molecule has 0 radical (unpaired) electrons. The second-order valence-corrected chi connectivity index (χ2v) is 24.5. The Morgan fingerprint density at radius 1 is 1.08 bits per heavy atom. The lowest BCUT2D eigenvalue weighted by atomic mass is 9.89. The summed E-state index contributed by atoms with van der Waals surface area (Å²) in [4.78, 5) is 27.8. The molecule has 222 valence electrons. The van der Waals surface area contributed by atoms with E-state index in [0.29, 0.717) is 12.0 Å². The van der Waals surface area contributed by atoms with Crippen LogP contribution in [0.25, 0.3) is 0 Å². The van der Waals surface area contributed by atoms with Crippen molar-refractivity contribution in [2.45, 2.75) is 115 Å². The van der Waals surface area contributed by atoms with Crippen molar-refractivity contribution in [2.75, 3.05) is 6.61 Å². The Hall–Kier alpha value is -1.56. The minimum atomic E-state index is -4.18. The predicted octanol–water partition coefficient (Wildman–Crippen LogP) is 3.31. The van der Waals surface area contributed by atoms with Gasteiger partial charge in [0.1, 0.15) is 12.2 Å². The average molecular weight is 604 g/mol. The normalized spacial score (nSPS) is 27.8. The molecule has 1 saturated heterocycles. The maximum Gasteiger partial charge on any atom is 0.330 e. The molecule has 14 heteroatoms. The van der Waals surface area contributed by atoms with Gasteiger partial charge in [-0.1, -0.05) is 48.5 Å². The van der Waals surface area contributed by atoms with E-state index in [1.54, 1.807) is 6.92 Å². The molecule has 39 heavy (non-hydrogen) atoms. The Bertz CT molecular complexity index is 1350. The Morgan fingerprint density at radius 2 is 1.64 bits per heavy atom. The SMILES string of the molecule is CCc1cn([C@@H]2OC(CO[Si](C)(C)C(C)(C)C)C3(OS(=O)(=O)C=C3N)[C@H]2O[Si](C)(C)C(C)(C)C)c(=O)[nH]c1=O. The van der Waals surface area contributed by atoms with E-state index in [4.69, 9.17) is 23.5 Å². The number of hydrogen-bond acceptors (Lipinski definition) is 9. The Kier molecular flexibility index (Phi) is 8.25. The fourth-order valence-electron chi connectivity index (χ4n) is 4.18. The average Bonchev–Trinajstić information content (AvgIpc) is 3.17. The summed E-state index contributed by atoms with van der Waals surface area (Å²) >= 11 is 0. The van der Waals surface area contributed by atoms with Crippen LogP contribution in [0.15, 0.2) is 26.9 Å². The van der Waals surface area contributed by atoms with Gasteiger partial charge in [-0.15, -0.1) is 0 Å². The number of hydrogen-bond donors (Lipinski definition) is 2. The summed E-state index contributed by atoms with van der Waals surface area (Å²) in [5.41, 5.74) is 3.77. The zero-order chi connectivity index (χ0) is 30.0. The molecule has 2 aliphatic rings. The smallest absolute Gasteiger partial charge is 0.330 e. The van der Waals surface area contributed by atoms with Crippen molar-refractivity contribution in [2.24, 2.45) is 5.73 Å². The number of ether oxygens (including phenoxy) is 1. The molecule has 1 spiro atoms. The lowest BCUT2D eigenvalue weighted by Crippen LogP contribution is -2.59. The minimum absolute atomic E-state index is 0.0346. The first-order valence-electron chi connectivity index (χ1n) is 13.2. The highest BCUT2D eigenvalue weighted by atomic mass is 32.2. The highest BCUT2D eigenvalue weighted by molar-refractivity contribution is 7.90. The van der Waals surface area contributed by atoms with Crippen LogP contribution >= 0.6 is 0 Å². The first-order valence-corrected chi connectivity index (χ1v) is 20.5. The third-order valence-corrected chi connectivity index (χ3v) is 18.8. The van der Waals surface area contributed by atoms with Gasteiger partial charge in [0.2, 0.25) is 0 Å². The summed E-state index contributed by atoms with van der Waals surface area (Å²) in [5, 5.41) is 0.466. The highest BCUT2D eigenvalue weighted by Gasteiger charge is 2.67. The van der Waals surface area contributed by atoms with Crippen LogP contribution in [0.5, 0.6) is 0 Å². The number of aryl methyl sites for hydroxylation is 1. The molecular weight excluding hydrogens is 559 g/mol. The molecular formula is C25H45N3O8SSi2. The molecule has 2 aliphatic heterocycles. The van der Waals surface area contributed by atoms with Gasteiger partial charge in [-0.3, -0.25) is 14.3 Å². The fourth-order valence-corrected chi connectivity index (χ4v) is 7.69. The van der Waals surface area contributed by atoms with Gasteiger partial charge in [-0.2, -0.15) is 8.42 Å². The van der Waals surface area contributed by atoms with E-state index in [2.05, 4.69) is 38.8 Å². The van der Waals surface area contributed by atoms with Crippen LogP contribution in [0.3, 0.4) is 0 Å². The number of rotatable bonds is 7. The van der Waals surface area contributed by atoms with Crippen LogP contribution < -0.4 is 17.0 Å². The number of nitrogens with one attached hydrogen (secondary N) is 1. The van der Waals surface area contributed by atoms with Crippen molar-refractivity contribution in [1.82, 2.24) is 9.55 Å². The molecule has 1 aromatic rings. The third-order valence-electron chi connectivity index (χ3n) is 8.77. The molecule has 2 unspecified atom stereocenters. The number of aromatic nitrogens is 2. The quantitative estimate of drug-likeness (QED) is 0.353. The van der Waals surface area contributed by atoms with Crippen LogP contribution in [-0.4, -0.2) is 59.0 Å². The molecule has 4 atom stereocenters. The van der Waals surface area contributed by atoms with Crippen LogP contribution in [0.2, 0.25) is 36.3 Å². The van der Waals surface area contributed by atoms with E-state index in [0.717, 1.165) is 5.41 Å². The van der Waals surface area contributed by atoms with E-state index in [1.807, 2.05) is 33.9 Å². The topological polar surface area (TPSA) is 152 Å². The Labute approximate surface area is 233 Å². The maximum absolute atomic E-state index is 13.1. The monoisotopic (exact) mass is 603 g/mol. The first kappa shape index (κ1) is 32.0. The van der Waals surface area contributed by atoms with Crippen molar-refractivity contribution in [3.05, 3.63) is 43.7 Å². The van der Waals surface area contributed by atoms with Crippen molar-refractivity contribution < 1.29 is 26.2 Å². The zero-order valence-corrected chi connectivity index (χ0v) is 27.8. The largest absolute Gasteiger partial charge is 0.414 e. The van der Waals surface area contributed by atoms with Crippen LogP contribution in [0, 0.1) is 0 Å². The summed E-state index contributed by atoms with van der Waals surface area (Å²) in [6.07, 6.45) is -1.51. The Morgan fingerprint density at radius 3 is 2.10 bits per heavy atom. The molecule has 0 bridgehead atoms. The zero-order valence-electron chi connectivity index (χ0n) is 25.0. The van der Waals surface area contributed by atoms with Crippen LogP contribution in [0.4, 0.5) is 0 Å². The second-order valence-electron chi connectivity index (χ2n) is 13.5. The van der Waals surface area contributed by atoms with Gasteiger partial charge in [0.25, 0.3) is 15.7 Å². The minimum Gasteiger partial charge on any atom is -0.414 e. The molecule has 1 aromatic heterocycles. The molecule has 11 nitrogen and oxygen atoms in total. The number of H-pyrrole nitrogens is 1. The first-order chi connectivity index (χ1) is 17.5. The third kappa shape index (κ3) is 5.79. The summed E-state index contributed by atoms with van der Waals surface area (Å²) < 4.78 is 52.5. The molecule has 0 saturated carbocycles. The van der Waals surface area contributed by atoms with Gasteiger partial charge in [0.05, 0.1) is 17.7 Å². The summed E-state index contributed by atoms with van der Waals surface area (Å²) in [6.45, 7) is 22.3. The fraction of sp³-hybridized carbons (Fsp3) is 0.760. The van der Waals surface area contributed by atoms with E-state index < -0.39 is 62.0 Å². The van der Waals surface area contributed by atoms with E-state index in [1.165, 1.54) is 10.8 Å². The van der Waals surface area contributed by atoms with Crippen molar-refractivity contribution in [1.29, 1.82) is 0 Å². The second kappa shape index (κ2) is 10.1. The van der Waals surface area contributed by atoms with Crippen molar-refractivity contribution >= 4 is 26.8 Å². The number of aromatic amines is 1. The van der Waals surface area contributed by atoms with E-state index in [9.17, 15) is 18.0 Å². The van der Waals surface area contributed by atoms with Gasteiger partial charge in [-0.25, -0.2) is 8.98 Å². The van der Waals surface area contributed by atoms with Gasteiger partial charge in [-0.05, 0) is 42.7 Å². The lowest BCUT2D eigenvalue weighted by molar-refractivity contribution is -0.0563. The van der Waals surface area contributed by atoms with E-state index in [-0.39, 0.29) is 22.4 Å². The summed E-state index contributed by atoms with van der Waals surface area (Å²) in [5.74, 6) is 0. The molecule has 3 N–H and O–H groups in total. The molecule has 3 heterocycles. The Balaban J connectivity index is 2.25. The summed E-state index contributed by atoms with van der Waals surface area (Å²) in [7, 11) is -9.15. The van der Waals surface area contributed by atoms with Crippen LogP contribution in [0.1, 0.15) is 60.3 Å². The van der Waals surface area contributed by atoms with Crippen molar-refractivity contribution in [3.8, 4) is 0 Å². The molecule has 1 fully saturated rings. The molecule has 3 rings (SSSR count). The number of nitrogens with two attached hydrogens (primary N) is 1. The number of nitrogens with zero attached hydrogens (tertiary/aromatic N) is 1. The lowest BCUT2D eigenvalue weighted by Gasteiger charge is -2.43. The van der Waals surface area contributed by atoms with Crippen molar-refractivity contribution in [3.63, 3.8) is 0 Å². The van der Waals surface area contributed by atoms with Gasteiger partial charge in [0.15, 0.2) is 28.5 Å². The van der Waals surface area contributed by atoms with Gasteiger partial charge >= 0.3 is 5.69 Å². The highest BCUT2D eigenvalue weighted by Crippen LogP contribution is 2.52. The molecule has 0 amide bonds. The molecule has 0 aliphatic carbocycles. The van der Waals surface area contributed by atoms with Crippen LogP contribution in [-0.2, 0) is 34.3 Å². The predicted molar refractivity (Wildman–Crippen MR) is 155 cm³/mol. The summed E-state index contributed by atoms with van der Waals surface area (Å²) in [6, 6.07) is 0. The van der Waals surface area contributed by atoms with Gasteiger partial charge in [0, 0.05) is 11.8 Å². The maximum atomic E-state index is 13.1. The van der Waals surface area contributed by atoms with Gasteiger partial charge < -0.3 is 19.3 Å². The molecule has 0 aromatic carbocycles. The standard InChI is InChI=1S/C25H45N3O8SSi2/c1-12-16-13-28(22(30)27-20(16)29)21-19(35-39(10,11)24(5,6)7)25(17(26)15-37(31,32)36-25)18(34-21)14-33-38(8,9)23(2,3)4/h13,15,18-19,21H,12,14,26H2,1-11H3,(H,27,29,30)/t18?,19-,21+,25?/m0/s1. The van der Waals surface area contributed by atoms with E-state index >= 15 is 0 Å².